The lowest BCUT2D eigenvalue weighted by molar-refractivity contribution is -0.152. The number of piperazine rings is 1. The van der Waals surface area contributed by atoms with Gasteiger partial charge in [0.1, 0.15) is 5.75 Å². The van der Waals surface area contributed by atoms with Gasteiger partial charge in [-0.15, -0.1) is 11.8 Å². The minimum absolute atomic E-state index is 0.151. The molecule has 1 unspecified atom stereocenters. The van der Waals surface area contributed by atoms with Crippen LogP contribution in [0.15, 0.2) is 102 Å². The highest BCUT2D eigenvalue weighted by atomic mass is 35.5. The summed E-state index contributed by atoms with van der Waals surface area (Å²) in [6, 6.07) is 32.0. The molecule has 2 heterocycles. The zero-order valence-electron chi connectivity index (χ0n) is 27.1. The maximum atomic E-state index is 14.3. The first-order valence-corrected chi connectivity index (χ1v) is 17.8. The molecule has 0 aromatic heterocycles. The number of hydrogen-bond donors (Lipinski definition) is 0. The van der Waals surface area contributed by atoms with Crippen LogP contribution in [0, 0.1) is 0 Å². The average molecular weight is 705 g/mol. The molecule has 1 saturated heterocycles. The highest BCUT2D eigenvalue weighted by Gasteiger charge is 2.41. The Bertz CT molecular complexity index is 1700. The second-order valence-corrected chi connectivity index (χ2v) is 14.1. The first kappa shape index (κ1) is 34.3. The van der Waals surface area contributed by atoms with Gasteiger partial charge in [-0.2, -0.15) is 0 Å². The first-order valence-electron chi connectivity index (χ1n) is 16.2. The maximum absolute atomic E-state index is 14.3. The third kappa shape index (κ3) is 8.01. The van der Waals surface area contributed by atoms with E-state index >= 15 is 0 Å². The number of hydrogen-bond acceptors (Lipinski definition) is 7. The minimum Gasteiger partial charge on any atom is -0.497 e. The molecule has 4 aromatic carbocycles. The van der Waals surface area contributed by atoms with Crippen molar-refractivity contribution in [1.29, 1.82) is 0 Å². The molecule has 0 bridgehead atoms. The first-order chi connectivity index (χ1) is 23.3. The van der Waals surface area contributed by atoms with Gasteiger partial charge in [-0.1, -0.05) is 77.8 Å². The van der Waals surface area contributed by atoms with Crippen LogP contribution in [0.4, 0.5) is 5.69 Å². The van der Waals surface area contributed by atoms with E-state index in [1.807, 2.05) is 48.5 Å². The van der Waals surface area contributed by atoms with Crippen molar-refractivity contribution in [3.8, 4) is 5.75 Å². The number of esters is 1. The molecule has 0 saturated carbocycles. The Labute approximate surface area is 296 Å². The van der Waals surface area contributed by atoms with Crippen molar-refractivity contribution in [1.82, 2.24) is 9.80 Å². The molecule has 0 radical (unpaired) electrons. The van der Waals surface area contributed by atoms with E-state index in [2.05, 4.69) is 52.3 Å². The number of fused-ring (bicyclic) bond motifs is 1. The molecule has 1 fully saturated rings. The summed E-state index contributed by atoms with van der Waals surface area (Å²) in [5.74, 6) is -0.0287. The van der Waals surface area contributed by atoms with Gasteiger partial charge in [-0.25, -0.2) is 0 Å². The minimum atomic E-state index is -1.00. The van der Waals surface area contributed by atoms with E-state index in [9.17, 15) is 9.59 Å². The van der Waals surface area contributed by atoms with Crippen molar-refractivity contribution in [3.05, 3.63) is 124 Å². The molecule has 2 aliphatic rings. The number of amides is 1. The van der Waals surface area contributed by atoms with Gasteiger partial charge in [-0.05, 0) is 72.1 Å². The fraction of sp³-hybridized carbons (Fsp3) is 0.316. The lowest BCUT2D eigenvalue weighted by atomic mass is 9.96. The summed E-state index contributed by atoms with van der Waals surface area (Å²) in [6.07, 6.45) is -0.240. The highest BCUT2D eigenvalue weighted by molar-refractivity contribution is 7.99. The normalized spacial score (nSPS) is 19.3. The molecular weight excluding hydrogens is 665 g/mol. The van der Waals surface area contributed by atoms with Crippen LogP contribution in [0.3, 0.4) is 0 Å². The van der Waals surface area contributed by atoms with E-state index in [1.165, 1.54) is 29.8 Å². The van der Waals surface area contributed by atoms with Crippen LogP contribution in [0.5, 0.6) is 5.75 Å². The number of methoxy groups -OCH3 is 1. The van der Waals surface area contributed by atoms with Crippen LogP contribution in [-0.4, -0.2) is 74.2 Å². The van der Waals surface area contributed by atoms with Crippen LogP contribution in [-0.2, 0) is 14.3 Å². The fourth-order valence-electron chi connectivity index (χ4n) is 6.56. The average Bonchev–Trinajstić information content (AvgIpc) is 3.20. The van der Waals surface area contributed by atoms with E-state index in [0.717, 1.165) is 60.3 Å². The van der Waals surface area contributed by atoms with Gasteiger partial charge >= 0.3 is 5.97 Å². The summed E-state index contributed by atoms with van der Waals surface area (Å²) in [4.78, 5) is 34.2. The Morgan fingerprint density at radius 2 is 1.52 bits per heavy atom. The Kier molecular flexibility index (Phi) is 11.3. The largest absolute Gasteiger partial charge is 0.497 e. The molecule has 0 aliphatic carbocycles. The number of benzene rings is 4. The second-order valence-electron chi connectivity index (χ2n) is 12.0. The number of halogens is 2. The van der Waals surface area contributed by atoms with Gasteiger partial charge in [-0.3, -0.25) is 14.5 Å². The van der Waals surface area contributed by atoms with E-state index < -0.39 is 17.3 Å². The number of carbonyl (C=O) groups is 2. The summed E-state index contributed by atoms with van der Waals surface area (Å²) in [5.41, 5.74) is 4.13. The molecular formula is C38H39Cl2N3O4S. The second kappa shape index (κ2) is 15.8. The van der Waals surface area contributed by atoms with Crippen molar-refractivity contribution in [2.45, 2.75) is 35.6 Å². The SMILES string of the molecule is COc1ccc([C@@H]2Sc3cc(Cl)ccc3N(CCCN3CCN(C(c4ccccc4)c4ccc(Cl)cc4)CC3)C(=O)[C@@H]2OC(C)=O)cc1. The van der Waals surface area contributed by atoms with Crippen LogP contribution in [0.25, 0.3) is 0 Å². The topological polar surface area (TPSA) is 62.3 Å². The van der Waals surface area contributed by atoms with Crippen LogP contribution in [0.1, 0.15) is 41.3 Å². The molecule has 48 heavy (non-hydrogen) atoms. The summed E-state index contributed by atoms with van der Waals surface area (Å²) < 4.78 is 11.1. The molecule has 1 amide bonds. The summed E-state index contributed by atoms with van der Waals surface area (Å²) in [7, 11) is 1.61. The Hall–Kier alpha value is -3.53. The molecule has 3 atom stereocenters. The molecule has 4 aromatic rings. The Morgan fingerprint density at radius 3 is 2.19 bits per heavy atom. The number of carbonyl (C=O) groups excluding carboxylic acids is 2. The van der Waals surface area contributed by atoms with Gasteiger partial charge in [0.25, 0.3) is 5.91 Å². The van der Waals surface area contributed by atoms with E-state index in [-0.39, 0.29) is 11.9 Å². The quantitative estimate of drug-likeness (QED) is 0.156. The highest BCUT2D eigenvalue weighted by Crippen LogP contribution is 2.48. The Balaban J connectivity index is 1.15. The van der Waals surface area contributed by atoms with Crippen molar-refractivity contribution in [2.24, 2.45) is 0 Å². The van der Waals surface area contributed by atoms with Crippen LogP contribution in [0.2, 0.25) is 10.0 Å². The molecule has 6 rings (SSSR count). The molecule has 0 N–H and O–H groups in total. The molecule has 250 valence electrons. The van der Waals surface area contributed by atoms with Gasteiger partial charge in [0.2, 0.25) is 0 Å². The summed E-state index contributed by atoms with van der Waals surface area (Å²) >= 11 is 14.2. The molecule has 10 heteroatoms. The standard InChI is InChI=1S/C38H39Cl2N3O4S/c1-26(44)47-36-37(29-11-16-32(46-2)17-12-29)48-34-25-31(40)15-18-33(34)43(38(36)45)20-6-19-41-21-23-42(24-22-41)35(27-7-4-3-5-8-27)28-9-13-30(39)14-10-28/h3-5,7-18,25,35-37H,6,19-24H2,1-2H3/t35?,36-,37+/m1/s1. The molecule has 7 nitrogen and oxygen atoms in total. The predicted molar refractivity (Wildman–Crippen MR) is 193 cm³/mol. The number of nitrogens with zero attached hydrogens (tertiary/aromatic N) is 3. The monoisotopic (exact) mass is 703 g/mol. The molecule has 0 spiro atoms. The van der Waals surface area contributed by atoms with E-state index in [1.54, 1.807) is 18.1 Å². The lowest BCUT2D eigenvalue weighted by Crippen LogP contribution is -2.48. The van der Waals surface area contributed by atoms with Gasteiger partial charge < -0.3 is 19.3 Å². The maximum Gasteiger partial charge on any atom is 0.303 e. The number of ether oxygens (including phenoxy) is 2. The summed E-state index contributed by atoms with van der Waals surface area (Å²) in [6.45, 7) is 6.34. The fourth-order valence-corrected chi connectivity index (χ4v) is 8.28. The van der Waals surface area contributed by atoms with Crippen molar-refractivity contribution >= 4 is 52.5 Å². The van der Waals surface area contributed by atoms with Crippen LogP contribution < -0.4 is 9.64 Å². The molecule has 2 aliphatic heterocycles. The smallest absolute Gasteiger partial charge is 0.303 e. The van der Waals surface area contributed by atoms with Gasteiger partial charge in [0, 0.05) is 54.6 Å². The summed E-state index contributed by atoms with van der Waals surface area (Å²) in [5, 5.41) is 0.858. The van der Waals surface area contributed by atoms with Crippen molar-refractivity contribution < 1.29 is 19.1 Å². The number of thioether (sulfide) groups is 1. The van der Waals surface area contributed by atoms with E-state index in [4.69, 9.17) is 32.7 Å². The van der Waals surface area contributed by atoms with Gasteiger partial charge in [0.05, 0.1) is 24.1 Å². The van der Waals surface area contributed by atoms with Gasteiger partial charge in [0.15, 0.2) is 6.10 Å². The van der Waals surface area contributed by atoms with Crippen molar-refractivity contribution in [2.75, 3.05) is 51.3 Å². The van der Waals surface area contributed by atoms with E-state index in [0.29, 0.717) is 17.3 Å². The predicted octanol–water partition coefficient (Wildman–Crippen LogP) is 7.91. The zero-order valence-corrected chi connectivity index (χ0v) is 29.4. The zero-order chi connectivity index (χ0) is 33.6. The van der Waals surface area contributed by atoms with Crippen LogP contribution >= 0.6 is 35.0 Å². The lowest BCUT2D eigenvalue weighted by Gasteiger charge is -2.40. The number of rotatable bonds is 10. The van der Waals surface area contributed by atoms with Crippen molar-refractivity contribution in [3.63, 3.8) is 0 Å². The third-order valence-corrected chi connectivity index (χ3v) is 10.8. The Morgan fingerprint density at radius 1 is 0.854 bits per heavy atom. The third-order valence-electron chi connectivity index (χ3n) is 8.92. The number of anilines is 1.